The Morgan fingerprint density at radius 1 is 1.10 bits per heavy atom. The predicted octanol–water partition coefficient (Wildman–Crippen LogP) is 4.24. The van der Waals surface area contributed by atoms with Gasteiger partial charge < -0.3 is 5.32 Å². The number of anilines is 2. The Bertz CT molecular complexity index is 567. The van der Waals surface area contributed by atoms with Gasteiger partial charge in [-0.25, -0.2) is 8.42 Å². The summed E-state index contributed by atoms with van der Waals surface area (Å²) in [6.07, 6.45) is 9.99. The van der Waals surface area contributed by atoms with Crippen LogP contribution >= 0.6 is 11.6 Å². The van der Waals surface area contributed by atoms with Gasteiger partial charge in [0.2, 0.25) is 10.0 Å². The molecule has 1 aliphatic carbocycles. The van der Waals surface area contributed by atoms with Crippen molar-refractivity contribution in [2.24, 2.45) is 0 Å². The fraction of sp³-hybridized carbons (Fsp3) is 0.600. The zero-order valence-corrected chi connectivity index (χ0v) is 13.9. The summed E-state index contributed by atoms with van der Waals surface area (Å²) in [6.45, 7) is 0. The first-order valence-corrected chi connectivity index (χ1v) is 9.75. The lowest BCUT2D eigenvalue weighted by Crippen LogP contribution is -2.20. The molecule has 0 spiro atoms. The van der Waals surface area contributed by atoms with E-state index in [0.29, 0.717) is 16.8 Å². The first-order chi connectivity index (χ1) is 9.94. The number of halogens is 1. The Morgan fingerprint density at radius 3 is 2.29 bits per heavy atom. The second-order valence-electron chi connectivity index (χ2n) is 5.76. The molecule has 0 aromatic heterocycles. The lowest BCUT2D eigenvalue weighted by molar-refractivity contribution is 0.471. The average Bonchev–Trinajstić information content (AvgIpc) is 2.34. The van der Waals surface area contributed by atoms with Crippen molar-refractivity contribution in [1.82, 2.24) is 0 Å². The van der Waals surface area contributed by atoms with Crippen molar-refractivity contribution in [3.8, 4) is 0 Å². The topological polar surface area (TPSA) is 58.2 Å². The number of sulfonamides is 1. The predicted molar refractivity (Wildman–Crippen MR) is 89.6 cm³/mol. The van der Waals surface area contributed by atoms with E-state index in [1.54, 1.807) is 12.1 Å². The molecule has 0 saturated heterocycles. The van der Waals surface area contributed by atoms with Crippen LogP contribution < -0.4 is 10.0 Å². The Labute approximate surface area is 132 Å². The molecule has 1 aromatic rings. The van der Waals surface area contributed by atoms with Crippen LogP contribution in [0.2, 0.25) is 5.02 Å². The van der Waals surface area contributed by atoms with Gasteiger partial charge in [-0.2, -0.15) is 0 Å². The average molecular weight is 331 g/mol. The van der Waals surface area contributed by atoms with Crippen molar-refractivity contribution in [3.63, 3.8) is 0 Å². The molecule has 2 rings (SSSR count). The monoisotopic (exact) mass is 330 g/mol. The van der Waals surface area contributed by atoms with E-state index in [0.717, 1.165) is 11.9 Å². The van der Waals surface area contributed by atoms with Crippen LogP contribution in [-0.2, 0) is 10.0 Å². The van der Waals surface area contributed by atoms with Gasteiger partial charge in [0.15, 0.2) is 0 Å². The van der Waals surface area contributed by atoms with Crippen LogP contribution in [0.1, 0.15) is 44.9 Å². The van der Waals surface area contributed by atoms with Crippen molar-refractivity contribution in [3.05, 3.63) is 23.2 Å². The maximum absolute atomic E-state index is 11.2. The second kappa shape index (κ2) is 7.36. The molecule has 4 nitrogen and oxygen atoms in total. The first-order valence-electron chi connectivity index (χ1n) is 7.48. The SMILES string of the molecule is CS(=O)(=O)Nc1ccc(NC2CCCCCCC2)cc1Cl. The smallest absolute Gasteiger partial charge is 0.229 e. The van der Waals surface area contributed by atoms with Gasteiger partial charge in [-0.05, 0) is 31.0 Å². The molecule has 0 amide bonds. The van der Waals surface area contributed by atoms with Crippen molar-refractivity contribution in [2.75, 3.05) is 16.3 Å². The fourth-order valence-electron chi connectivity index (χ4n) is 2.72. The van der Waals surface area contributed by atoms with Crippen LogP contribution in [0, 0.1) is 0 Å². The molecule has 1 aromatic carbocycles. The van der Waals surface area contributed by atoms with E-state index in [-0.39, 0.29) is 0 Å². The number of nitrogens with one attached hydrogen (secondary N) is 2. The van der Waals surface area contributed by atoms with Gasteiger partial charge in [0.1, 0.15) is 0 Å². The van der Waals surface area contributed by atoms with E-state index in [1.165, 1.54) is 44.9 Å². The third-order valence-electron chi connectivity index (χ3n) is 3.74. The number of benzene rings is 1. The summed E-state index contributed by atoms with van der Waals surface area (Å²) in [5.41, 5.74) is 1.37. The summed E-state index contributed by atoms with van der Waals surface area (Å²) >= 11 is 6.14. The number of hydrogen-bond donors (Lipinski definition) is 2. The third kappa shape index (κ3) is 5.75. The highest BCUT2D eigenvalue weighted by molar-refractivity contribution is 7.92. The molecule has 1 saturated carbocycles. The summed E-state index contributed by atoms with van der Waals surface area (Å²) in [6, 6.07) is 5.84. The molecule has 0 heterocycles. The molecule has 1 aliphatic rings. The van der Waals surface area contributed by atoms with Crippen LogP contribution in [0.3, 0.4) is 0 Å². The molecule has 0 aliphatic heterocycles. The van der Waals surface area contributed by atoms with Crippen LogP contribution in [0.5, 0.6) is 0 Å². The Kier molecular flexibility index (Phi) is 5.76. The molecule has 21 heavy (non-hydrogen) atoms. The highest BCUT2D eigenvalue weighted by Gasteiger charge is 2.12. The van der Waals surface area contributed by atoms with Crippen LogP contribution in [0.25, 0.3) is 0 Å². The fourth-order valence-corrected chi connectivity index (χ4v) is 3.58. The van der Waals surface area contributed by atoms with Gasteiger partial charge >= 0.3 is 0 Å². The van der Waals surface area contributed by atoms with E-state index in [4.69, 9.17) is 11.6 Å². The lowest BCUT2D eigenvalue weighted by Gasteiger charge is -2.22. The molecule has 0 bridgehead atoms. The molecule has 2 N–H and O–H groups in total. The summed E-state index contributed by atoms with van der Waals surface area (Å²) in [7, 11) is -3.30. The standard InChI is InChI=1S/C15H23ClN2O2S/c1-21(19,20)18-15-10-9-13(11-14(15)16)17-12-7-5-3-2-4-6-8-12/h9-12,17-18H,2-8H2,1H3. The zero-order valence-electron chi connectivity index (χ0n) is 12.4. The van der Waals surface area contributed by atoms with E-state index >= 15 is 0 Å². The van der Waals surface area contributed by atoms with Crippen molar-refractivity contribution in [2.45, 2.75) is 51.0 Å². The van der Waals surface area contributed by atoms with Crippen molar-refractivity contribution >= 4 is 33.0 Å². The van der Waals surface area contributed by atoms with Crippen LogP contribution in [0.15, 0.2) is 18.2 Å². The van der Waals surface area contributed by atoms with Crippen molar-refractivity contribution in [1.29, 1.82) is 0 Å². The Morgan fingerprint density at radius 2 is 1.71 bits per heavy atom. The highest BCUT2D eigenvalue weighted by Crippen LogP contribution is 2.28. The van der Waals surface area contributed by atoms with Gasteiger partial charge in [-0.3, -0.25) is 4.72 Å². The summed E-state index contributed by atoms with van der Waals surface area (Å²) in [5, 5.41) is 3.93. The van der Waals surface area contributed by atoms with E-state index < -0.39 is 10.0 Å². The second-order valence-corrected chi connectivity index (χ2v) is 7.91. The minimum Gasteiger partial charge on any atom is -0.382 e. The largest absolute Gasteiger partial charge is 0.382 e. The minimum absolute atomic E-state index is 0.413. The Balaban J connectivity index is 2.02. The molecule has 0 atom stereocenters. The number of rotatable bonds is 4. The molecule has 0 unspecified atom stereocenters. The normalized spacial score (nSPS) is 17.8. The van der Waals surface area contributed by atoms with Crippen LogP contribution in [0.4, 0.5) is 11.4 Å². The molecule has 6 heteroatoms. The van der Waals surface area contributed by atoms with E-state index in [2.05, 4.69) is 10.0 Å². The maximum atomic E-state index is 11.2. The highest BCUT2D eigenvalue weighted by atomic mass is 35.5. The maximum Gasteiger partial charge on any atom is 0.229 e. The van der Waals surface area contributed by atoms with Gasteiger partial charge in [0.05, 0.1) is 17.0 Å². The van der Waals surface area contributed by atoms with E-state index in [1.807, 2.05) is 6.07 Å². The summed E-state index contributed by atoms with van der Waals surface area (Å²) < 4.78 is 24.9. The van der Waals surface area contributed by atoms with Crippen LogP contribution in [-0.4, -0.2) is 20.7 Å². The lowest BCUT2D eigenvalue weighted by atomic mass is 9.96. The minimum atomic E-state index is -3.30. The summed E-state index contributed by atoms with van der Waals surface area (Å²) in [4.78, 5) is 0. The quantitative estimate of drug-likeness (QED) is 0.868. The first kappa shape index (κ1) is 16.4. The zero-order chi connectivity index (χ0) is 15.3. The van der Waals surface area contributed by atoms with Crippen molar-refractivity contribution < 1.29 is 8.42 Å². The molecule has 0 radical (unpaired) electrons. The molecular formula is C15H23ClN2O2S. The van der Waals surface area contributed by atoms with Gasteiger partial charge in [0, 0.05) is 11.7 Å². The Hall–Kier alpha value is -0.940. The van der Waals surface area contributed by atoms with Gasteiger partial charge in [0.25, 0.3) is 0 Å². The number of hydrogen-bond acceptors (Lipinski definition) is 3. The molecule has 118 valence electrons. The van der Waals surface area contributed by atoms with Gasteiger partial charge in [-0.1, -0.05) is 43.7 Å². The summed E-state index contributed by atoms with van der Waals surface area (Å²) in [5.74, 6) is 0. The molecular weight excluding hydrogens is 308 g/mol. The molecule has 1 fully saturated rings. The van der Waals surface area contributed by atoms with Gasteiger partial charge in [-0.15, -0.1) is 0 Å². The van der Waals surface area contributed by atoms with E-state index in [9.17, 15) is 8.42 Å². The third-order valence-corrected chi connectivity index (χ3v) is 4.64.